The monoisotopic (exact) mass is 277 g/mol. The number of nitrogens with two attached hydrogens (primary N) is 1. The van der Waals surface area contributed by atoms with E-state index in [9.17, 15) is 9.90 Å². The lowest BCUT2D eigenvalue weighted by Crippen LogP contribution is -2.27. The first-order valence-electron chi connectivity index (χ1n) is 6.84. The van der Waals surface area contributed by atoms with Crippen LogP contribution >= 0.6 is 0 Å². The third kappa shape index (κ3) is 2.27. The van der Waals surface area contributed by atoms with Crippen molar-refractivity contribution < 1.29 is 14.6 Å². The molecule has 1 aromatic rings. The van der Waals surface area contributed by atoms with Crippen LogP contribution in [0.3, 0.4) is 0 Å². The summed E-state index contributed by atoms with van der Waals surface area (Å²) in [6.07, 6.45) is 0.624. The second-order valence-electron chi connectivity index (χ2n) is 5.48. The van der Waals surface area contributed by atoms with E-state index in [2.05, 4.69) is 10.2 Å². The Morgan fingerprint density at radius 1 is 1.55 bits per heavy atom. The maximum atomic E-state index is 11.4. The van der Waals surface area contributed by atoms with Crippen LogP contribution in [0.5, 0.6) is 5.75 Å². The van der Waals surface area contributed by atoms with Crippen molar-refractivity contribution in [3.63, 3.8) is 0 Å². The first-order valence-corrected chi connectivity index (χ1v) is 6.84. The Labute approximate surface area is 117 Å². The number of anilines is 3. The molecule has 2 unspecified atom stereocenters. The van der Waals surface area contributed by atoms with Gasteiger partial charge >= 0.3 is 0 Å². The number of amides is 1. The standard InChI is InChI=1S/C14H19N3O3/c1-8(18)9-2-3-17(6-9)12-5-11-13(4-10(12)15)20-7-14(19)16-11/h4-5,8-9,18H,2-3,6-7,15H2,1H3,(H,16,19). The number of aliphatic hydroxyl groups is 1. The van der Waals surface area contributed by atoms with Gasteiger partial charge in [-0.3, -0.25) is 4.79 Å². The molecule has 108 valence electrons. The third-order valence-corrected chi connectivity index (χ3v) is 4.01. The number of nitrogen functional groups attached to an aromatic ring is 1. The molecule has 0 saturated carbocycles. The lowest BCUT2D eigenvalue weighted by atomic mass is 10.0. The van der Waals surface area contributed by atoms with Crippen LogP contribution in [-0.2, 0) is 4.79 Å². The number of nitrogens with zero attached hydrogens (tertiary/aromatic N) is 1. The van der Waals surface area contributed by atoms with E-state index >= 15 is 0 Å². The Hall–Kier alpha value is -1.95. The lowest BCUT2D eigenvalue weighted by molar-refractivity contribution is -0.118. The van der Waals surface area contributed by atoms with E-state index in [-0.39, 0.29) is 24.5 Å². The molecule has 0 aliphatic carbocycles. The van der Waals surface area contributed by atoms with Crippen LogP contribution in [0.4, 0.5) is 17.1 Å². The van der Waals surface area contributed by atoms with Crippen LogP contribution in [0.25, 0.3) is 0 Å². The minimum Gasteiger partial charge on any atom is -0.482 e. The zero-order valence-electron chi connectivity index (χ0n) is 11.4. The highest BCUT2D eigenvalue weighted by atomic mass is 16.5. The fourth-order valence-corrected chi connectivity index (χ4v) is 2.80. The number of carbonyl (C=O) groups is 1. The number of aliphatic hydroxyl groups excluding tert-OH is 1. The van der Waals surface area contributed by atoms with Crippen molar-refractivity contribution in [1.29, 1.82) is 0 Å². The number of nitrogens with one attached hydrogen (secondary N) is 1. The summed E-state index contributed by atoms with van der Waals surface area (Å²) in [5, 5.41) is 12.5. The largest absolute Gasteiger partial charge is 0.482 e. The highest BCUT2D eigenvalue weighted by Crippen LogP contribution is 2.38. The zero-order chi connectivity index (χ0) is 14.3. The molecule has 1 saturated heterocycles. The van der Waals surface area contributed by atoms with Gasteiger partial charge in [-0.1, -0.05) is 0 Å². The summed E-state index contributed by atoms with van der Waals surface area (Å²) >= 11 is 0. The van der Waals surface area contributed by atoms with Gasteiger partial charge in [-0.25, -0.2) is 0 Å². The fraction of sp³-hybridized carbons (Fsp3) is 0.500. The molecule has 1 fully saturated rings. The number of rotatable bonds is 2. The minimum absolute atomic E-state index is 0.0274. The summed E-state index contributed by atoms with van der Waals surface area (Å²) in [5.41, 5.74) is 8.26. The number of hydrogen-bond acceptors (Lipinski definition) is 5. The second kappa shape index (κ2) is 4.86. The van der Waals surface area contributed by atoms with Gasteiger partial charge in [0.1, 0.15) is 5.75 Å². The van der Waals surface area contributed by atoms with Crippen LogP contribution in [0, 0.1) is 5.92 Å². The molecule has 1 amide bonds. The summed E-state index contributed by atoms with van der Waals surface area (Å²) in [6.45, 7) is 3.47. The quantitative estimate of drug-likeness (QED) is 0.696. The van der Waals surface area contributed by atoms with Gasteiger partial charge in [0.05, 0.1) is 23.2 Å². The molecule has 0 aromatic heterocycles. The number of hydrogen-bond donors (Lipinski definition) is 3. The molecule has 0 spiro atoms. The van der Waals surface area contributed by atoms with Crippen molar-refractivity contribution in [3.8, 4) is 5.75 Å². The van der Waals surface area contributed by atoms with Gasteiger partial charge in [-0.15, -0.1) is 0 Å². The molecule has 2 heterocycles. The van der Waals surface area contributed by atoms with Gasteiger partial charge < -0.3 is 25.8 Å². The van der Waals surface area contributed by atoms with Crippen molar-refractivity contribution in [2.45, 2.75) is 19.4 Å². The van der Waals surface area contributed by atoms with Gasteiger partial charge in [0.15, 0.2) is 6.61 Å². The number of fused-ring (bicyclic) bond motifs is 1. The van der Waals surface area contributed by atoms with Gasteiger partial charge in [0.25, 0.3) is 5.91 Å². The Kier molecular flexibility index (Phi) is 3.17. The molecule has 6 heteroatoms. The van der Waals surface area contributed by atoms with E-state index in [1.54, 1.807) is 6.07 Å². The Morgan fingerprint density at radius 3 is 3.05 bits per heavy atom. The molecule has 1 aromatic carbocycles. The summed E-state index contributed by atoms with van der Waals surface area (Å²) in [4.78, 5) is 13.5. The van der Waals surface area contributed by atoms with Crippen LogP contribution in [0.15, 0.2) is 12.1 Å². The summed E-state index contributed by atoms with van der Waals surface area (Å²) in [6, 6.07) is 3.60. The molecule has 6 nitrogen and oxygen atoms in total. The van der Waals surface area contributed by atoms with Gasteiger partial charge in [0, 0.05) is 25.1 Å². The molecule has 3 rings (SSSR count). The predicted molar refractivity (Wildman–Crippen MR) is 77.0 cm³/mol. The first kappa shape index (κ1) is 13.1. The van der Waals surface area contributed by atoms with E-state index in [4.69, 9.17) is 10.5 Å². The predicted octanol–water partition coefficient (Wildman–Crippen LogP) is 0.807. The highest BCUT2D eigenvalue weighted by Gasteiger charge is 2.28. The SMILES string of the molecule is CC(O)C1CCN(c2cc3c(cc2N)OCC(=O)N3)C1. The van der Waals surface area contributed by atoms with Crippen LogP contribution in [0.1, 0.15) is 13.3 Å². The van der Waals surface area contributed by atoms with Gasteiger partial charge in [0.2, 0.25) is 0 Å². The van der Waals surface area contributed by atoms with Crippen molar-refractivity contribution in [2.75, 3.05) is 35.6 Å². The molecule has 4 N–H and O–H groups in total. The average Bonchev–Trinajstić information content (AvgIpc) is 2.88. The van der Waals surface area contributed by atoms with Crippen LogP contribution < -0.4 is 20.7 Å². The maximum absolute atomic E-state index is 11.4. The molecular formula is C14H19N3O3. The normalized spacial score (nSPS) is 23.0. The Bertz CT molecular complexity index is 545. The van der Waals surface area contributed by atoms with Crippen molar-refractivity contribution in [2.24, 2.45) is 5.92 Å². The van der Waals surface area contributed by atoms with Crippen molar-refractivity contribution >= 4 is 23.0 Å². The lowest BCUT2D eigenvalue weighted by Gasteiger charge is -2.25. The van der Waals surface area contributed by atoms with Crippen LogP contribution in [0.2, 0.25) is 0 Å². The van der Waals surface area contributed by atoms with E-state index in [1.165, 1.54) is 0 Å². The number of benzene rings is 1. The topological polar surface area (TPSA) is 87.8 Å². The van der Waals surface area contributed by atoms with Crippen LogP contribution in [-0.4, -0.2) is 36.8 Å². The highest BCUT2D eigenvalue weighted by molar-refractivity contribution is 5.97. The maximum Gasteiger partial charge on any atom is 0.262 e. The Balaban J connectivity index is 1.87. The van der Waals surface area contributed by atoms with E-state index in [0.29, 0.717) is 17.1 Å². The van der Waals surface area contributed by atoms with E-state index < -0.39 is 0 Å². The molecule has 20 heavy (non-hydrogen) atoms. The third-order valence-electron chi connectivity index (χ3n) is 4.01. The number of ether oxygens (including phenoxy) is 1. The summed E-state index contributed by atoms with van der Waals surface area (Å²) < 4.78 is 5.34. The second-order valence-corrected chi connectivity index (χ2v) is 5.48. The molecule has 0 bridgehead atoms. The van der Waals surface area contributed by atoms with E-state index in [0.717, 1.165) is 25.2 Å². The Morgan fingerprint density at radius 2 is 2.35 bits per heavy atom. The van der Waals surface area contributed by atoms with Gasteiger partial charge in [-0.2, -0.15) is 0 Å². The molecule has 2 aliphatic rings. The van der Waals surface area contributed by atoms with E-state index in [1.807, 2.05) is 13.0 Å². The fourth-order valence-electron chi connectivity index (χ4n) is 2.80. The molecular weight excluding hydrogens is 258 g/mol. The average molecular weight is 277 g/mol. The van der Waals surface area contributed by atoms with Crippen molar-refractivity contribution in [3.05, 3.63) is 12.1 Å². The van der Waals surface area contributed by atoms with Gasteiger partial charge in [-0.05, 0) is 19.4 Å². The molecule has 2 aliphatic heterocycles. The minimum atomic E-state index is -0.318. The number of carbonyl (C=O) groups excluding carboxylic acids is 1. The molecule has 0 radical (unpaired) electrons. The summed E-state index contributed by atoms with van der Waals surface area (Å²) in [5.74, 6) is 0.713. The van der Waals surface area contributed by atoms with Crippen molar-refractivity contribution in [1.82, 2.24) is 0 Å². The zero-order valence-corrected chi connectivity index (χ0v) is 11.4. The smallest absolute Gasteiger partial charge is 0.262 e. The first-order chi connectivity index (χ1) is 9.54. The summed E-state index contributed by atoms with van der Waals surface area (Å²) in [7, 11) is 0. The molecule has 2 atom stereocenters.